The molecule has 0 aliphatic carbocycles. The van der Waals surface area contributed by atoms with Gasteiger partial charge in [-0.1, -0.05) is 30.3 Å². The second-order valence-electron chi connectivity index (χ2n) is 5.88. The number of benzene rings is 2. The number of carbonyl (C=O) groups excluding carboxylic acids is 1. The van der Waals surface area contributed by atoms with Gasteiger partial charge in [-0.05, 0) is 60.5 Å². The summed E-state index contributed by atoms with van der Waals surface area (Å²) in [4.78, 5) is 19.5. The van der Waals surface area contributed by atoms with Gasteiger partial charge >= 0.3 is 0 Å². The Balaban J connectivity index is 1.91. The number of amides is 1. The molecule has 0 atom stereocenters. The van der Waals surface area contributed by atoms with Crippen molar-refractivity contribution in [3.8, 4) is 5.75 Å². The van der Waals surface area contributed by atoms with E-state index >= 15 is 0 Å². The van der Waals surface area contributed by atoms with Crippen molar-refractivity contribution >= 4 is 34.6 Å². The zero-order chi connectivity index (χ0) is 18.0. The molecule has 0 bridgehead atoms. The van der Waals surface area contributed by atoms with Gasteiger partial charge in [0.25, 0.3) is 5.91 Å². The maximum absolute atomic E-state index is 12.5. The number of ether oxygens (including phenoxy) is 1. The van der Waals surface area contributed by atoms with E-state index in [1.54, 1.807) is 19.1 Å². The first kappa shape index (κ1) is 17.3. The molecule has 25 heavy (non-hydrogen) atoms. The monoisotopic (exact) mass is 352 g/mol. The van der Waals surface area contributed by atoms with E-state index in [4.69, 9.17) is 9.73 Å². The number of methoxy groups -OCH3 is 1. The van der Waals surface area contributed by atoms with Gasteiger partial charge in [-0.25, -0.2) is 4.99 Å². The molecule has 0 saturated carbocycles. The van der Waals surface area contributed by atoms with E-state index in [9.17, 15) is 4.79 Å². The molecule has 0 unspecified atom stereocenters. The van der Waals surface area contributed by atoms with Crippen LogP contribution in [0.3, 0.4) is 0 Å². The van der Waals surface area contributed by atoms with Crippen LogP contribution in [0.1, 0.15) is 16.7 Å². The van der Waals surface area contributed by atoms with E-state index in [0.29, 0.717) is 10.1 Å². The maximum Gasteiger partial charge on any atom is 0.266 e. The Hall–Kier alpha value is -2.53. The summed E-state index contributed by atoms with van der Waals surface area (Å²) in [6.07, 6.45) is 1.89. The molecule has 3 rings (SSSR count). The number of likely N-dealkylation sites (N-methyl/N-ethyl adjacent to an activating group) is 1. The Bertz CT molecular complexity index is 850. The number of rotatable bonds is 3. The zero-order valence-electron chi connectivity index (χ0n) is 14.7. The molecule has 1 saturated heterocycles. The van der Waals surface area contributed by atoms with Gasteiger partial charge in [0.1, 0.15) is 5.75 Å². The Morgan fingerprint density at radius 3 is 2.32 bits per heavy atom. The number of nitrogens with zero attached hydrogens (tertiary/aromatic N) is 2. The first-order valence-electron chi connectivity index (χ1n) is 7.96. The van der Waals surface area contributed by atoms with Crippen molar-refractivity contribution in [3.05, 3.63) is 64.1 Å². The molecule has 5 heteroatoms. The Morgan fingerprint density at radius 2 is 1.72 bits per heavy atom. The highest BCUT2D eigenvalue weighted by molar-refractivity contribution is 8.18. The van der Waals surface area contributed by atoms with E-state index in [1.807, 2.05) is 62.4 Å². The predicted molar refractivity (Wildman–Crippen MR) is 104 cm³/mol. The van der Waals surface area contributed by atoms with Crippen LogP contribution in [-0.4, -0.2) is 30.1 Å². The molecule has 4 nitrogen and oxygen atoms in total. The van der Waals surface area contributed by atoms with Crippen LogP contribution in [0, 0.1) is 13.8 Å². The van der Waals surface area contributed by atoms with Crippen LogP contribution in [0.5, 0.6) is 5.75 Å². The minimum atomic E-state index is -0.0363. The zero-order valence-corrected chi connectivity index (χ0v) is 15.6. The van der Waals surface area contributed by atoms with Crippen molar-refractivity contribution in [2.45, 2.75) is 13.8 Å². The van der Waals surface area contributed by atoms with Crippen molar-refractivity contribution in [2.75, 3.05) is 14.2 Å². The number of para-hydroxylation sites is 1. The molecule has 0 aromatic heterocycles. The van der Waals surface area contributed by atoms with E-state index in [0.717, 1.165) is 28.1 Å². The minimum absolute atomic E-state index is 0.0363. The van der Waals surface area contributed by atoms with Crippen LogP contribution in [0.2, 0.25) is 0 Å². The van der Waals surface area contributed by atoms with Gasteiger partial charge in [-0.15, -0.1) is 0 Å². The second-order valence-corrected chi connectivity index (χ2v) is 6.89. The number of hydrogen-bond donors (Lipinski definition) is 0. The number of aliphatic imine (C=N–C) groups is 1. The summed E-state index contributed by atoms with van der Waals surface area (Å²) in [6.45, 7) is 4.06. The van der Waals surface area contributed by atoms with Crippen LogP contribution in [0.15, 0.2) is 52.4 Å². The normalized spacial score (nSPS) is 17.6. The maximum atomic E-state index is 12.5. The van der Waals surface area contributed by atoms with Crippen molar-refractivity contribution in [2.24, 2.45) is 4.99 Å². The first-order valence-corrected chi connectivity index (χ1v) is 8.78. The summed E-state index contributed by atoms with van der Waals surface area (Å²) >= 11 is 1.40. The van der Waals surface area contributed by atoms with Gasteiger partial charge in [0.2, 0.25) is 0 Å². The van der Waals surface area contributed by atoms with Crippen LogP contribution < -0.4 is 4.74 Å². The molecular weight excluding hydrogens is 332 g/mol. The molecule has 0 radical (unpaired) electrons. The van der Waals surface area contributed by atoms with E-state index in [2.05, 4.69) is 0 Å². The number of aryl methyl sites for hydroxylation is 2. The summed E-state index contributed by atoms with van der Waals surface area (Å²) in [5.74, 6) is 0.757. The lowest BCUT2D eigenvalue weighted by Gasteiger charge is -2.09. The molecule has 2 aromatic rings. The highest BCUT2D eigenvalue weighted by Crippen LogP contribution is 2.34. The average molecular weight is 352 g/mol. The highest BCUT2D eigenvalue weighted by Gasteiger charge is 2.30. The summed E-state index contributed by atoms with van der Waals surface area (Å²) in [7, 11) is 3.39. The standard InChI is InChI=1S/C20H20N2O2S/c1-13-6-5-7-14(2)18(13)21-20-22(3)19(23)17(25-20)12-15-8-10-16(24-4)11-9-15/h5-12H,1-4H3/b17-12-,21-20?. The summed E-state index contributed by atoms with van der Waals surface area (Å²) < 4.78 is 5.16. The van der Waals surface area contributed by atoms with Gasteiger partial charge in [0.05, 0.1) is 17.7 Å². The summed E-state index contributed by atoms with van der Waals surface area (Å²) in [6, 6.07) is 13.7. The lowest BCUT2D eigenvalue weighted by atomic mass is 10.1. The van der Waals surface area contributed by atoms with Crippen molar-refractivity contribution < 1.29 is 9.53 Å². The third-order valence-electron chi connectivity index (χ3n) is 4.06. The number of carbonyl (C=O) groups is 1. The van der Waals surface area contributed by atoms with E-state index in [1.165, 1.54) is 11.8 Å². The molecular formula is C20H20N2O2S. The predicted octanol–water partition coefficient (Wildman–Crippen LogP) is 4.55. The highest BCUT2D eigenvalue weighted by atomic mass is 32.2. The molecule has 0 spiro atoms. The van der Waals surface area contributed by atoms with Gasteiger partial charge < -0.3 is 4.74 Å². The molecule has 2 aromatic carbocycles. The van der Waals surface area contributed by atoms with Gasteiger partial charge in [0, 0.05) is 7.05 Å². The SMILES string of the molecule is COc1ccc(/C=C2\SC(=Nc3c(C)cccc3C)N(C)C2=O)cc1. The first-order chi connectivity index (χ1) is 12.0. The Labute approximate surface area is 152 Å². The largest absolute Gasteiger partial charge is 0.497 e. The van der Waals surface area contributed by atoms with Crippen molar-refractivity contribution in [1.82, 2.24) is 4.90 Å². The van der Waals surface area contributed by atoms with Gasteiger partial charge in [-0.3, -0.25) is 9.69 Å². The van der Waals surface area contributed by atoms with Gasteiger partial charge in [0.15, 0.2) is 5.17 Å². The Morgan fingerprint density at radius 1 is 1.08 bits per heavy atom. The van der Waals surface area contributed by atoms with Crippen molar-refractivity contribution in [3.63, 3.8) is 0 Å². The molecule has 0 N–H and O–H groups in total. The lowest BCUT2D eigenvalue weighted by molar-refractivity contribution is -0.121. The molecule has 1 aliphatic heterocycles. The molecule has 1 amide bonds. The molecule has 128 valence electrons. The Kier molecular flexibility index (Phi) is 4.95. The fourth-order valence-corrected chi connectivity index (χ4v) is 3.55. The van der Waals surface area contributed by atoms with Crippen molar-refractivity contribution in [1.29, 1.82) is 0 Å². The third-order valence-corrected chi connectivity index (χ3v) is 5.12. The summed E-state index contributed by atoms with van der Waals surface area (Å²) in [5.41, 5.74) is 4.08. The molecule has 1 aliphatic rings. The fourth-order valence-electron chi connectivity index (χ4n) is 2.58. The average Bonchev–Trinajstić information content (AvgIpc) is 2.87. The number of amidine groups is 1. The molecule has 1 heterocycles. The minimum Gasteiger partial charge on any atom is -0.497 e. The number of hydrogen-bond acceptors (Lipinski definition) is 4. The fraction of sp³-hybridized carbons (Fsp3) is 0.200. The van der Waals surface area contributed by atoms with Crippen LogP contribution in [-0.2, 0) is 4.79 Å². The lowest BCUT2D eigenvalue weighted by Crippen LogP contribution is -2.23. The second kappa shape index (κ2) is 7.15. The van der Waals surface area contributed by atoms with Crippen LogP contribution >= 0.6 is 11.8 Å². The van der Waals surface area contributed by atoms with Gasteiger partial charge in [-0.2, -0.15) is 0 Å². The topological polar surface area (TPSA) is 41.9 Å². The smallest absolute Gasteiger partial charge is 0.266 e. The quantitative estimate of drug-likeness (QED) is 0.761. The van der Waals surface area contributed by atoms with E-state index < -0.39 is 0 Å². The van der Waals surface area contributed by atoms with Crippen LogP contribution in [0.25, 0.3) is 6.08 Å². The van der Waals surface area contributed by atoms with E-state index in [-0.39, 0.29) is 5.91 Å². The number of thioether (sulfide) groups is 1. The van der Waals surface area contributed by atoms with Crippen LogP contribution in [0.4, 0.5) is 5.69 Å². The molecule has 1 fully saturated rings. The third kappa shape index (κ3) is 3.61. The summed E-state index contributed by atoms with van der Waals surface area (Å²) in [5, 5.41) is 0.696.